The van der Waals surface area contributed by atoms with Crippen LogP contribution in [0.15, 0.2) is 12.4 Å². The lowest BCUT2D eigenvalue weighted by Crippen LogP contribution is -2.30. The summed E-state index contributed by atoms with van der Waals surface area (Å²) in [6.45, 7) is 0.730. The Balaban J connectivity index is 1.70. The molecule has 2 aromatic rings. The van der Waals surface area contributed by atoms with Crippen LogP contribution in [0.2, 0.25) is 0 Å². The number of nitrogen functional groups attached to an aromatic ring is 1. The fraction of sp³-hybridized carbons (Fsp3) is 0.462. The van der Waals surface area contributed by atoms with Crippen LogP contribution in [0.5, 0.6) is 0 Å². The Morgan fingerprint density at radius 2 is 2.10 bits per heavy atom. The molecule has 0 aliphatic carbocycles. The number of nitrogens with two attached hydrogens (primary N) is 1. The molecule has 3 rings (SSSR count). The molecule has 7 heteroatoms. The molecule has 1 amide bonds. The van der Waals surface area contributed by atoms with Crippen molar-refractivity contribution in [1.82, 2.24) is 15.3 Å². The molecule has 1 aliphatic heterocycles. The van der Waals surface area contributed by atoms with Crippen LogP contribution in [-0.4, -0.2) is 33.9 Å². The molecule has 3 heterocycles. The third kappa shape index (κ3) is 2.73. The van der Waals surface area contributed by atoms with Gasteiger partial charge in [-0.1, -0.05) is 0 Å². The molecule has 5 nitrogen and oxygen atoms in total. The number of hydrogen-bond donors (Lipinski definition) is 2. The molecule has 2 aromatic heterocycles. The van der Waals surface area contributed by atoms with Crippen LogP contribution in [0.25, 0.3) is 10.3 Å². The Labute approximate surface area is 125 Å². The molecule has 1 saturated heterocycles. The molecule has 3 N–H and O–H groups in total. The Bertz CT molecular complexity index is 622. The van der Waals surface area contributed by atoms with Crippen molar-refractivity contribution in [2.24, 2.45) is 5.92 Å². The van der Waals surface area contributed by atoms with Gasteiger partial charge in [-0.15, -0.1) is 11.3 Å². The zero-order valence-corrected chi connectivity index (χ0v) is 12.6. The quantitative estimate of drug-likeness (QED) is 0.908. The van der Waals surface area contributed by atoms with Crippen molar-refractivity contribution in [3.8, 4) is 0 Å². The number of nitrogens with one attached hydrogen (secondary N) is 1. The summed E-state index contributed by atoms with van der Waals surface area (Å²) in [5.74, 6) is 2.87. The maximum absolute atomic E-state index is 12.2. The summed E-state index contributed by atoms with van der Waals surface area (Å²) < 4.78 is 0. The van der Waals surface area contributed by atoms with E-state index >= 15 is 0 Å². The average molecular weight is 308 g/mol. The van der Waals surface area contributed by atoms with Gasteiger partial charge in [0, 0.05) is 18.9 Å². The Kier molecular flexibility index (Phi) is 4.07. The number of carbonyl (C=O) groups is 1. The van der Waals surface area contributed by atoms with Crippen LogP contribution in [-0.2, 0) is 0 Å². The Morgan fingerprint density at radius 1 is 1.35 bits per heavy atom. The second-order valence-electron chi connectivity index (χ2n) is 4.82. The highest BCUT2D eigenvalue weighted by Gasteiger charge is 2.19. The van der Waals surface area contributed by atoms with Gasteiger partial charge in [0.25, 0.3) is 5.91 Å². The van der Waals surface area contributed by atoms with Gasteiger partial charge in [-0.3, -0.25) is 4.79 Å². The molecular formula is C13H16N4OS2. The van der Waals surface area contributed by atoms with Gasteiger partial charge in [0.1, 0.15) is 15.2 Å². The van der Waals surface area contributed by atoms with Gasteiger partial charge in [-0.25, -0.2) is 9.97 Å². The van der Waals surface area contributed by atoms with E-state index in [-0.39, 0.29) is 5.91 Å². The molecule has 0 atom stereocenters. The standard InChI is InChI=1S/C13H16N4OS2/c14-9-10-13(16-4-3-15-10)20-11(9)12(18)17-7-8-1-5-19-6-2-8/h3-4,8H,1-2,5-7,14H2,(H,17,18). The van der Waals surface area contributed by atoms with E-state index in [4.69, 9.17) is 5.73 Å². The molecule has 0 saturated carbocycles. The van der Waals surface area contributed by atoms with Crippen LogP contribution in [0.3, 0.4) is 0 Å². The zero-order valence-electron chi connectivity index (χ0n) is 11.0. The van der Waals surface area contributed by atoms with Crippen LogP contribution >= 0.6 is 23.1 Å². The molecule has 0 radical (unpaired) electrons. The van der Waals surface area contributed by atoms with Crippen molar-refractivity contribution in [2.75, 3.05) is 23.8 Å². The summed E-state index contributed by atoms with van der Waals surface area (Å²) >= 11 is 3.29. The first-order valence-corrected chi connectivity index (χ1v) is 8.57. The number of hydrogen-bond acceptors (Lipinski definition) is 6. The number of nitrogens with zero attached hydrogens (tertiary/aromatic N) is 2. The maximum atomic E-state index is 12.2. The van der Waals surface area contributed by atoms with Crippen molar-refractivity contribution < 1.29 is 4.79 Å². The van der Waals surface area contributed by atoms with E-state index in [2.05, 4.69) is 15.3 Å². The molecule has 20 heavy (non-hydrogen) atoms. The summed E-state index contributed by atoms with van der Waals surface area (Å²) in [7, 11) is 0. The molecule has 0 unspecified atom stereocenters. The van der Waals surface area contributed by atoms with Gasteiger partial charge >= 0.3 is 0 Å². The number of aromatic nitrogens is 2. The summed E-state index contributed by atoms with van der Waals surface area (Å²) in [4.78, 5) is 21.8. The first-order valence-electron chi connectivity index (χ1n) is 6.60. The predicted molar refractivity (Wildman–Crippen MR) is 84.2 cm³/mol. The minimum Gasteiger partial charge on any atom is -0.396 e. The third-order valence-corrected chi connectivity index (χ3v) is 5.61. The normalized spacial score (nSPS) is 16.4. The average Bonchev–Trinajstić information content (AvgIpc) is 2.84. The largest absolute Gasteiger partial charge is 0.396 e. The first-order chi connectivity index (χ1) is 9.75. The van der Waals surface area contributed by atoms with Gasteiger partial charge in [0.15, 0.2) is 0 Å². The SMILES string of the molecule is Nc1c(C(=O)NCC2CCSCC2)sc2nccnc12. The van der Waals surface area contributed by atoms with E-state index in [1.165, 1.54) is 35.7 Å². The second kappa shape index (κ2) is 5.97. The molecule has 106 valence electrons. The van der Waals surface area contributed by atoms with Crippen LogP contribution in [0.4, 0.5) is 5.69 Å². The van der Waals surface area contributed by atoms with E-state index in [1.807, 2.05) is 11.8 Å². The van der Waals surface area contributed by atoms with Gasteiger partial charge in [0.2, 0.25) is 0 Å². The molecule has 0 aromatic carbocycles. The van der Waals surface area contributed by atoms with Gasteiger partial charge in [0.05, 0.1) is 5.69 Å². The minimum absolute atomic E-state index is 0.106. The molecular weight excluding hydrogens is 292 g/mol. The lowest BCUT2D eigenvalue weighted by atomic mass is 10.0. The number of thiophene rings is 1. The molecule has 0 bridgehead atoms. The van der Waals surface area contributed by atoms with Gasteiger partial charge in [-0.2, -0.15) is 11.8 Å². The van der Waals surface area contributed by atoms with Gasteiger partial charge in [-0.05, 0) is 30.3 Å². The number of carbonyl (C=O) groups excluding carboxylic acids is 1. The number of rotatable bonds is 3. The van der Waals surface area contributed by atoms with Crippen LogP contribution in [0.1, 0.15) is 22.5 Å². The predicted octanol–water partition coefficient (Wildman–Crippen LogP) is 2.15. The smallest absolute Gasteiger partial charge is 0.263 e. The van der Waals surface area contributed by atoms with Crippen molar-refractivity contribution in [1.29, 1.82) is 0 Å². The van der Waals surface area contributed by atoms with E-state index in [9.17, 15) is 4.79 Å². The molecule has 1 fully saturated rings. The zero-order chi connectivity index (χ0) is 13.9. The van der Waals surface area contributed by atoms with E-state index < -0.39 is 0 Å². The topological polar surface area (TPSA) is 80.9 Å². The highest BCUT2D eigenvalue weighted by molar-refractivity contribution is 7.99. The fourth-order valence-corrected chi connectivity index (χ4v) is 4.42. The molecule has 1 aliphatic rings. The maximum Gasteiger partial charge on any atom is 0.263 e. The third-order valence-electron chi connectivity index (χ3n) is 3.46. The highest BCUT2D eigenvalue weighted by Crippen LogP contribution is 2.30. The van der Waals surface area contributed by atoms with E-state index in [0.717, 1.165) is 6.54 Å². The van der Waals surface area contributed by atoms with Crippen molar-refractivity contribution in [3.05, 3.63) is 17.3 Å². The van der Waals surface area contributed by atoms with Crippen LogP contribution < -0.4 is 11.1 Å². The number of amides is 1. The van der Waals surface area contributed by atoms with Crippen molar-refractivity contribution >= 4 is 45.0 Å². The summed E-state index contributed by atoms with van der Waals surface area (Å²) in [6, 6.07) is 0. The van der Waals surface area contributed by atoms with Crippen LogP contribution in [0, 0.1) is 5.92 Å². The summed E-state index contributed by atoms with van der Waals surface area (Å²) in [5.41, 5.74) is 7.05. The monoisotopic (exact) mass is 308 g/mol. The minimum atomic E-state index is -0.106. The Hall–Kier alpha value is -1.34. The molecule has 0 spiro atoms. The van der Waals surface area contributed by atoms with E-state index in [1.54, 1.807) is 12.4 Å². The number of thioether (sulfide) groups is 1. The van der Waals surface area contributed by atoms with Crippen molar-refractivity contribution in [3.63, 3.8) is 0 Å². The number of anilines is 1. The van der Waals surface area contributed by atoms with Gasteiger partial charge < -0.3 is 11.1 Å². The summed E-state index contributed by atoms with van der Waals surface area (Å²) in [5, 5.41) is 3.00. The van der Waals surface area contributed by atoms with E-state index in [0.29, 0.717) is 26.8 Å². The van der Waals surface area contributed by atoms with Crippen molar-refractivity contribution in [2.45, 2.75) is 12.8 Å². The lowest BCUT2D eigenvalue weighted by Gasteiger charge is -2.21. The lowest BCUT2D eigenvalue weighted by molar-refractivity contribution is 0.0951. The number of fused-ring (bicyclic) bond motifs is 1. The Morgan fingerprint density at radius 3 is 2.85 bits per heavy atom. The summed E-state index contributed by atoms with van der Waals surface area (Å²) in [6.07, 6.45) is 5.55. The first kappa shape index (κ1) is 13.6. The fourth-order valence-electron chi connectivity index (χ4n) is 2.28. The highest BCUT2D eigenvalue weighted by atomic mass is 32.2. The second-order valence-corrected chi connectivity index (χ2v) is 7.04.